The van der Waals surface area contributed by atoms with Gasteiger partial charge in [-0.15, -0.1) is 11.3 Å². The zero-order chi connectivity index (χ0) is 19.3. The number of aryl methyl sites for hydroxylation is 1. The van der Waals surface area contributed by atoms with Crippen molar-refractivity contribution in [2.45, 2.75) is 32.2 Å². The molecule has 1 aromatic heterocycles. The predicted molar refractivity (Wildman–Crippen MR) is 110 cm³/mol. The Morgan fingerprint density at radius 2 is 1.89 bits per heavy atom. The fourth-order valence-corrected chi connectivity index (χ4v) is 4.43. The molecule has 2 heterocycles. The standard InChI is InChI=1S/C22H24N2O3S/c1-26-17-11-9-16(10-12-17)14-24-13-5-8-19-21(22(24)25)28-20(23-19)15-27-18-6-3-2-4-7-18/h2-4,6-7,9-12,22,25H,5,8,13-15H2,1H3. The van der Waals surface area contributed by atoms with E-state index in [-0.39, 0.29) is 0 Å². The molecule has 0 spiro atoms. The van der Waals surface area contributed by atoms with Crippen LogP contribution in [-0.2, 0) is 19.6 Å². The number of benzene rings is 2. The molecule has 1 unspecified atom stereocenters. The van der Waals surface area contributed by atoms with E-state index in [9.17, 15) is 5.11 Å². The average Bonchev–Trinajstić information content (AvgIpc) is 3.09. The first-order valence-corrected chi connectivity index (χ1v) is 10.3. The first-order valence-electron chi connectivity index (χ1n) is 9.44. The van der Waals surface area contributed by atoms with E-state index < -0.39 is 6.23 Å². The molecule has 6 heteroatoms. The SMILES string of the molecule is COc1ccc(CN2CCCc3nc(COc4ccccc4)sc3C2O)cc1. The van der Waals surface area contributed by atoms with Gasteiger partial charge in [-0.25, -0.2) is 4.98 Å². The predicted octanol–water partition coefficient (Wildman–Crippen LogP) is 4.17. The van der Waals surface area contributed by atoms with Crippen molar-refractivity contribution < 1.29 is 14.6 Å². The molecule has 2 aromatic carbocycles. The van der Waals surface area contributed by atoms with Crippen molar-refractivity contribution in [3.8, 4) is 11.5 Å². The molecule has 0 bridgehead atoms. The van der Waals surface area contributed by atoms with Crippen molar-refractivity contribution in [3.05, 3.63) is 75.7 Å². The summed E-state index contributed by atoms with van der Waals surface area (Å²) in [6.45, 7) is 1.96. The molecule has 28 heavy (non-hydrogen) atoms. The Morgan fingerprint density at radius 3 is 2.64 bits per heavy atom. The average molecular weight is 397 g/mol. The zero-order valence-electron chi connectivity index (χ0n) is 15.9. The molecule has 0 saturated heterocycles. The molecular weight excluding hydrogens is 372 g/mol. The maximum absolute atomic E-state index is 11.0. The van der Waals surface area contributed by atoms with Gasteiger partial charge in [0.25, 0.3) is 0 Å². The molecule has 5 nitrogen and oxygen atoms in total. The molecule has 0 radical (unpaired) electrons. The largest absolute Gasteiger partial charge is 0.497 e. The zero-order valence-corrected chi connectivity index (χ0v) is 16.7. The molecule has 4 rings (SSSR count). The highest BCUT2D eigenvalue weighted by Crippen LogP contribution is 2.33. The molecule has 0 saturated carbocycles. The van der Waals surface area contributed by atoms with Crippen molar-refractivity contribution in [1.29, 1.82) is 0 Å². The van der Waals surface area contributed by atoms with E-state index in [0.29, 0.717) is 13.2 Å². The Hall–Kier alpha value is -2.41. The Bertz CT molecular complexity index is 896. The smallest absolute Gasteiger partial charge is 0.144 e. The summed E-state index contributed by atoms with van der Waals surface area (Å²) in [6.07, 6.45) is 1.22. The van der Waals surface area contributed by atoms with Gasteiger partial charge in [-0.2, -0.15) is 0 Å². The number of hydrogen-bond donors (Lipinski definition) is 1. The normalized spacial score (nSPS) is 17.0. The van der Waals surface area contributed by atoms with Crippen molar-refractivity contribution in [3.63, 3.8) is 0 Å². The fourth-order valence-electron chi connectivity index (χ4n) is 3.39. The fraction of sp³-hybridized carbons (Fsp3) is 0.318. The Morgan fingerprint density at radius 1 is 1.11 bits per heavy atom. The van der Waals surface area contributed by atoms with E-state index in [4.69, 9.17) is 14.5 Å². The van der Waals surface area contributed by atoms with Crippen LogP contribution in [0, 0.1) is 0 Å². The van der Waals surface area contributed by atoms with Crippen molar-refractivity contribution in [2.24, 2.45) is 0 Å². The van der Waals surface area contributed by atoms with Gasteiger partial charge in [0.1, 0.15) is 29.3 Å². The minimum absolute atomic E-state index is 0.423. The van der Waals surface area contributed by atoms with Crippen LogP contribution in [0.2, 0.25) is 0 Å². The molecule has 0 amide bonds. The topological polar surface area (TPSA) is 54.8 Å². The Kier molecular flexibility index (Phi) is 5.90. The molecule has 1 N–H and O–H groups in total. The van der Waals surface area contributed by atoms with Crippen LogP contribution in [0.15, 0.2) is 54.6 Å². The van der Waals surface area contributed by atoms with E-state index in [1.807, 2.05) is 54.6 Å². The van der Waals surface area contributed by atoms with Gasteiger partial charge in [0.2, 0.25) is 0 Å². The number of para-hydroxylation sites is 1. The number of methoxy groups -OCH3 is 1. The lowest BCUT2D eigenvalue weighted by Crippen LogP contribution is -2.27. The van der Waals surface area contributed by atoms with Gasteiger partial charge in [-0.05, 0) is 42.7 Å². The lowest BCUT2D eigenvalue weighted by Gasteiger charge is -2.25. The second kappa shape index (κ2) is 8.73. The summed E-state index contributed by atoms with van der Waals surface area (Å²) in [4.78, 5) is 7.78. The van der Waals surface area contributed by atoms with Crippen LogP contribution < -0.4 is 9.47 Å². The highest BCUT2D eigenvalue weighted by Gasteiger charge is 2.27. The van der Waals surface area contributed by atoms with Gasteiger partial charge in [0.15, 0.2) is 0 Å². The summed E-state index contributed by atoms with van der Waals surface area (Å²) in [5, 5.41) is 11.9. The maximum Gasteiger partial charge on any atom is 0.144 e. The number of fused-ring (bicyclic) bond motifs is 1. The molecule has 0 aliphatic carbocycles. The van der Waals surface area contributed by atoms with Crippen molar-refractivity contribution in [2.75, 3.05) is 13.7 Å². The van der Waals surface area contributed by atoms with Crippen LogP contribution in [0.5, 0.6) is 11.5 Å². The first-order chi connectivity index (χ1) is 13.7. The number of nitrogens with zero attached hydrogens (tertiary/aromatic N) is 2. The van der Waals surface area contributed by atoms with Crippen LogP contribution in [-0.4, -0.2) is 28.6 Å². The highest BCUT2D eigenvalue weighted by molar-refractivity contribution is 7.11. The molecule has 3 aromatic rings. The summed E-state index contributed by atoms with van der Waals surface area (Å²) < 4.78 is 11.0. The third kappa shape index (κ3) is 4.35. The van der Waals surface area contributed by atoms with E-state index in [1.54, 1.807) is 18.4 Å². The summed E-state index contributed by atoms with van der Waals surface area (Å²) in [5.41, 5.74) is 2.15. The second-order valence-corrected chi connectivity index (χ2v) is 7.93. The van der Waals surface area contributed by atoms with Gasteiger partial charge in [-0.3, -0.25) is 4.90 Å². The van der Waals surface area contributed by atoms with Gasteiger partial charge in [0, 0.05) is 13.1 Å². The van der Waals surface area contributed by atoms with E-state index >= 15 is 0 Å². The number of aliphatic hydroxyl groups excluding tert-OH is 1. The molecular formula is C22H24N2O3S. The van der Waals surface area contributed by atoms with E-state index in [2.05, 4.69) is 4.90 Å². The number of aromatic nitrogens is 1. The molecule has 146 valence electrons. The number of aliphatic hydroxyl groups is 1. The van der Waals surface area contributed by atoms with E-state index in [1.165, 1.54) is 0 Å². The summed E-state index contributed by atoms with van der Waals surface area (Å²) in [6, 6.07) is 17.7. The minimum Gasteiger partial charge on any atom is -0.497 e. The van der Waals surface area contributed by atoms with Gasteiger partial charge in [-0.1, -0.05) is 30.3 Å². The Labute approximate surface area is 169 Å². The monoisotopic (exact) mass is 396 g/mol. The minimum atomic E-state index is -0.637. The number of rotatable bonds is 6. The number of hydrogen-bond acceptors (Lipinski definition) is 6. The molecule has 1 aliphatic heterocycles. The third-order valence-corrected chi connectivity index (χ3v) is 5.97. The molecule has 0 fully saturated rings. The van der Waals surface area contributed by atoms with Crippen LogP contribution >= 0.6 is 11.3 Å². The maximum atomic E-state index is 11.0. The van der Waals surface area contributed by atoms with Gasteiger partial charge in [0.05, 0.1) is 17.7 Å². The lowest BCUT2D eigenvalue weighted by atomic mass is 10.2. The van der Waals surface area contributed by atoms with Gasteiger partial charge < -0.3 is 14.6 Å². The van der Waals surface area contributed by atoms with Crippen LogP contribution in [0.3, 0.4) is 0 Å². The van der Waals surface area contributed by atoms with Crippen molar-refractivity contribution in [1.82, 2.24) is 9.88 Å². The highest BCUT2D eigenvalue weighted by atomic mass is 32.1. The Balaban J connectivity index is 1.45. The lowest BCUT2D eigenvalue weighted by molar-refractivity contribution is 0.000778. The quantitative estimate of drug-likeness (QED) is 0.678. The summed E-state index contributed by atoms with van der Waals surface area (Å²) in [7, 11) is 1.66. The van der Waals surface area contributed by atoms with Crippen molar-refractivity contribution >= 4 is 11.3 Å². The second-order valence-electron chi connectivity index (χ2n) is 6.82. The number of ether oxygens (including phenoxy) is 2. The summed E-state index contributed by atoms with van der Waals surface area (Å²) >= 11 is 1.55. The third-order valence-electron chi connectivity index (χ3n) is 4.86. The van der Waals surface area contributed by atoms with Gasteiger partial charge >= 0.3 is 0 Å². The van der Waals surface area contributed by atoms with E-state index in [0.717, 1.165) is 52.0 Å². The van der Waals surface area contributed by atoms with Crippen LogP contribution in [0.1, 0.15) is 33.8 Å². The number of thiazole rings is 1. The molecule has 1 atom stereocenters. The van der Waals surface area contributed by atoms with Crippen LogP contribution in [0.25, 0.3) is 0 Å². The first kappa shape index (κ1) is 18.9. The van der Waals surface area contributed by atoms with Crippen LogP contribution in [0.4, 0.5) is 0 Å². The molecule has 1 aliphatic rings. The summed E-state index contributed by atoms with van der Waals surface area (Å²) in [5.74, 6) is 1.67.